The summed E-state index contributed by atoms with van der Waals surface area (Å²) in [6.45, 7) is 17.7. The standard InChI is InChI=1S/C26H49NO5Si/c1-8-30-33(31-9-2,32-10-3)21-13-19-27-25(28)29-20-12-14-22(4)16-17-24-23(5)15-11-18-26(24,6)7/h14H,8-13,15-21H2,1-7H3,(H,27,28). The zero-order chi connectivity index (χ0) is 24.7. The van der Waals surface area contributed by atoms with E-state index in [4.69, 9.17) is 18.0 Å². The Bertz CT molecular complexity index is 628. The summed E-state index contributed by atoms with van der Waals surface area (Å²) < 4.78 is 22.8. The molecule has 0 spiro atoms. The minimum absolute atomic E-state index is 0.333. The second-order valence-corrected chi connectivity index (χ2v) is 12.2. The number of amides is 1. The third-order valence-electron chi connectivity index (χ3n) is 6.32. The first-order valence-electron chi connectivity index (χ1n) is 12.9. The molecular weight excluding hydrogens is 434 g/mol. The van der Waals surface area contributed by atoms with Crippen LogP contribution in [0.4, 0.5) is 4.79 Å². The van der Waals surface area contributed by atoms with Crippen molar-refractivity contribution in [1.82, 2.24) is 5.32 Å². The molecule has 7 heteroatoms. The fraction of sp³-hybridized carbons (Fsp3) is 0.808. The Kier molecular flexibility index (Phi) is 14.2. The van der Waals surface area contributed by atoms with Crippen LogP contribution in [0.15, 0.2) is 22.8 Å². The largest absolute Gasteiger partial charge is 0.500 e. The fourth-order valence-electron chi connectivity index (χ4n) is 4.66. The van der Waals surface area contributed by atoms with Gasteiger partial charge in [-0.1, -0.05) is 36.6 Å². The number of nitrogens with one attached hydrogen (secondary N) is 1. The van der Waals surface area contributed by atoms with Crippen LogP contribution in [0.3, 0.4) is 0 Å². The van der Waals surface area contributed by atoms with Gasteiger partial charge in [0.15, 0.2) is 0 Å². The number of hydrogen-bond acceptors (Lipinski definition) is 5. The van der Waals surface area contributed by atoms with Crippen molar-refractivity contribution in [1.29, 1.82) is 0 Å². The van der Waals surface area contributed by atoms with Gasteiger partial charge in [-0.25, -0.2) is 4.79 Å². The summed E-state index contributed by atoms with van der Waals surface area (Å²) in [5, 5.41) is 2.82. The lowest BCUT2D eigenvalue weighted by Gasteiger charge is -2.35. The summed E-state index contributed by atoms with van der Waals surface area (Å²) in [5.41, 5.74) is 4.93. The molecule has 0 bridgehead atoms. The highest BCUT2D eigenvalue weighted by atomic mass is 28.4. The van der Waals surface area contributed by atoms with Gasteiger partial charge < -0.3 is 23.3 Å². The molecule has 33 heavy (non-hydrogen) atoms. The zero-order valence-corrected chi connectivity index (χ0v) is 23.3. The molecule has 0 aromatic rings. The van der Waals surface area contributed by atoms with Crippen molar-refractivity contribution in [2.75, 3.05) is 33.0 Å². The van der Waals surface area contributed by atoms with Crippen LogP contribution < -0.4 is 5.32 Å². The maximum absolute atomic E-state index is 12.0. The molecule has 6 nitrogen and oxygen atoms in total. The summed E-state index contributed by atoms with van der Waals surface area (Å²) in [5.74, 6) is 0. The number of alkyl carbamates (subject to hydrolysis) is 1. The molecule has 0 heterocycles. The lowest BCUT2D eigenvalue weighted by Crippen LogP contribution is -2.46. The van der Waals surface area contributed by atoms with Gasteiger partial charge in [0.2, 0.25) is 0 Å². The van der Waals surface area contributed by atoms with E-state index >= 15 is 0 Å². The summed E-state index contributed by atoms with van der Waals surface area (Å²) in [7, 11) is -2.65. The monoisotopic (exact) mass is 483 g/mol. The van der Waals surface area contributed by atoms with Crippen molar-refractivity contribution in [3.05, 3.63) is 22.8 Å². The molecule has 0 saturated heterocycles. The highest BCUT2D eigenvalue weighted by Gasteiger charge is 2.39. The van der Waals surface area contributed by atoms with Crippen molar-refractivity contribution in [2.45, 2.75) is 99.5 Å². The van der Waals surface area contributed by atoms with E-state index in [-0.39, 0.29) is 6.09 Å². The van der Waals surface area contributed by atoms with E-state index < -0.39 is 8.80 Å². The lowest BCUT2D eigenvalue weighted by molar-refractivity contribution is 0.0706. The van der Waals surface area contributed by atoms with Crippen LogP contribution in [0.25, 0.3) is 0 Å². The smallest absolute Gasteiger partial charge is 0.449 e. The average Bonchev–Trinajstić information content (AvgIpc) is 2.74. The van der Waals surface area contributed by atoms with E-state index in [9.17, 15) is 4.79 Å². The maximum atomic E-state index is 12.0. The van der Waals surface area contributed by atoms with Gasteiger partial charge in [-0.15, -0.1) is 0 Å². The van der Waals surface area contributed by atoms with Crippen molar-refractivity contribution < 1.29 is 22.8 Å². The fourth-order valence-corrected chi connectivity index (χ4v) is 7.27. The van der Waals surface area contributed by atoms with Crippen LogP contribution in [0.5, 0.6) is 0 Å². The van der Waals surface area contributed by atoms with Crippen molar-refractivity contribution >= 4 is 14.9 Å². The van der Waals surface area contributed by atoms with Crippen LogP contribution in [-0.4, -0.2) is 47.9 Å². The molecule has 0 saturated carbocycles. The number of carbonyl (C=O) groups excluding carboxylic acids is 1. The second-order valence-electron chi connectivity index (χ2n) is 9.48. The molecule has 0 unspecified atom stereocenters. The molecule has 0 aromatic heterocycles. The van der Waals surface area contributed by atoms with Gasteiger partial charge in [0.05, 0.1) is 6.61 Å². The topological polar surface area (TPSA) is 66.0 Å². The first kappa shape index (κ1) is 29.9. The molecule has 1 aliphatic carbocycles. The van der Waals surface area contributed by atoms with Gasteiger partial charge in [-0.2, -0.15) is 0 Å². The predicted molar refractivity (Wildman–Crippen MR) is 137 cm³/mol. The van der Waals surface area contributed by atoms with Gasteiger partial charge in [-0.3, -0.25) is 0 Å². The molecule has 1 amide bonds. The van der Waals surface area contributed by atoms with Crippen LogP contribution in [0.1, 0.15) is 93.4 Å². The van der Waals surface area contributed by atoms with Crippen molar-refractivity contribution in [3.63, 3.8) is 0 Å². The zero-order valence-electron chi connectivity index (χ0n) is 22.3. The van der Waals surface area contributed by atoms with Crippen LogP contribution in [0, 0.1) is 5.41 Å². The van der Waals surface area contributed by atoms with E-state index in [0.717, 1.165) is 25.7 Å². The average molecular weight is 484 g/mol. The summed E-state index contributed by atoms with van der Waals surface area (Å²) in [4.78, 5) is 12.0. The van der Waals surface area contributed by atoms with Crippen molar-refractivity contribution in [3.8, 4) is 0 Å². The Morgan fingerprint density at radius 1 is 1.12 bits per heavy atom. The summed E-state index contributed by atoms with van der Waals surface area (Å²) >= 11 is 0. The minimum atomic E-state index is -2.65. The number of rotatable bonds is 16. The molecule has 0 aliphatic heterocycles. The second kappa shape index (κ2) is 15.7. The van der Waals surface area contributed by atoms with Gasteiger partial charge in [-0.05, 0) is 85.0 Å². The van der Waals surface area contributed by atoms with E-state index in [1.165, 1.54) is 24.8 Å². The number of hydrogen-bond donors (Lipinski definition) is 1. The first-order valence-corrected chi connectivity index (χ1v) is 14.8. The number of carbonyl (C=O) groups is 1. The quantitative estimate of drug-likeness (QED) is 0.149. The maximum Gasteiger partial charge on any atom is 0.500 e. The van der Waals surface area contributed by atoms with Gasteiger partial charge in [0.25, 0.3) is 0 Å². The van der Waals surface area contributed by atoms with Crippen LogP contribution in [-0.2, 0) is 18.0 Å². The summed E-state index contributed by atoms with van der Waals surface area (Å²) in [6, 6.07) is 0.678. The third-order valence-corrected chi connectivity index (χ3v) is 9.47. The van der Waals surface area contributed by atoms with Gasteiger partial charge in [0, 0.05) is 32.4 Å². The molecular formula is C26H49NO5Si. The Morgan fingerprint density at radius 2 is 1.76 bits per heavy atom. The Labute approximate surface area is 203 Å². The lowest BCUT2D eigenvalue weighted by atomic mass is 9.71. The van der Waals surface area contributed by atoms with E-state index in [0.29, 0.717) is 44.4 Å². The van der Waals surface area contributed by atoms with E-state index in [1.807, 2.05) is 20.8 Å². The number of allylic oxidation sites excluding steroid dienone is 3. The molecule has 0 radical (unpaired) electrons. The molecule has 0 aromatic carbocycles. The highest BCUT2D eigenvalue weighted by Crippen LogP contribution is 2.42. The van der Waals surface area contributed by atoms with Gasteiger partial charge in [0.1, 0.15) is 0 Å². The third kappa shape index (κ3) is 11.2. The molecule has 1 rings (SSSR count). The molecule has 192 valence electrons. The molecule has 1 aliphatic rings. The first-order chi connectivity index (χ1) is 15.7. The SMILES string of the molecule is CCO[Si](CCCNC(=O)OCCC=C(C)CCC1=C(C)CCCC1(C)C)(OCC)OCC. The molecule has 0 fully saturated rings. The normalized spacial score (nSPS) is 16.8. The van der Waals surface area contributed by atoms with Crippen LogP contribution in [0.2, 0.25) is 6.04 Å². The molecule has 1 N–H and O–H groups in total. The molecule has 0 atom stereocenters. The van der Waals surface area contributed by atoms with Crippen molar-refractivity contribution in [2.24, 2.45) is 5.41 Å². The van der Waals surface area contributed by atoms with E-state index in [2.05, 4.69) is 39.1 Å². The highest BCUT2D eigenvalue weighted by molar-refractivity contribution is 6.60. The Balaban J connectivity index is 2.29. The number of ether oxygens (including phenoxy) is 1. The van der Waals surface area contributed by atoms with Crippen LogP contribution >= 0.6 is 0 Å². The predicted octanol–water partition coefficient (Wildman–Crippen LogP) is 6.79. The Hall–Kier alpha value is -1.15. The summed E-state index contributed by atoms with van der Waals surface area (Å²) in [6.07, 6.45) is 9.36. The van der Waals surface area contributed by atoms with Gasteiger partial charge >= 0.3 is 14.9 Å². The Morgan fingerprint density at radius 3 is 2.33 bits per heavy atom. The van der Waals surface area contributed by atoms with E-state index in [1.54, 1.807) is 11.1 Å². The minimum Gasteiger partial charge on any atom is -0.449 e.